The Morgan fingerprint density at radius 3 is 2.47 bits per heavy atom. The smallest absolute Gasteiger partial charge is 0.337 e. The number of para-hydroxylation sites is 1. The normalized spacial score (nSPS) is 10.7. The van der Waals surface area contributed by atoms with E-state index in [1.165, 1.54) is 18.2 Å². The van der Waals surface area contributed by atoms with Crippen molar-refractivity contribution in [3.8, 4) is 11.3 Å². The lowest BCUT2D eigenvalue weighted by molar-refractivity contribution is -0.115. The SMILES string of the molecule is O=C(Cc1ccc(-c2ccc3ccccc3n2)cc1)Nc1cc(Cl)ccc1C(=O)O. The Kier molecular flexibility index (Phi) is 5.46. The Labute approximate surface area is 178 Å². The molecule has 0 aliphatic carbocycles. The Bertz CT molecular complexity index is 1250. The highest BCUT2D eigenvalue weighted by atomic mass is 35.5. The molecule has 1 aromatic heterocycles. The fourth-order valence-corrected chi connectivity index (χ4v) is 3.38. The van der Waals surface area contributed by atoms with Crippen LogP contribution in [-0.2, 0) is 11.2 Å². The molecule has 30 heavy (non-hydrogen) atoms. The first-order chi connectivity index (χ1) is 14.5. The van der Waals surface area contributed by atoms with Gasteiger partial charge in [-0.2, -0.15) is 0 Å². The molecule has 6 heteroatoms. The summed E-state index contributed by atoms with van der Waals surface area (Å²) in [5.74, 6) is -1.45. The molecule has 0 fully saturated rings. The number of aromatic nitrogens is 1. The third-order valence-corrected chi connectivity index (χ3v) is 4.93. The molecule has 4 rings (SSSR count). The zero-order chi connectivity index (χ0) is 21.1. The van der Waals surface area contributed by atoms with Gasteiger partial charge in [0.15, 0.2) is 0 Å². The third kappa shape index (κ3) is 4.31. The van der Waals surface area contributed by atoms with Crippen LogP contribution in [0.4, 0.5) is 5.69 Å². The van der Waals surface area contributed by atoms with E-state index in [9.17, 15) is 14.7 Å². The fraction of sp³-hybridized carbons (Fsp3) is 0.0417. The monoisotopic (exact) mass is 416 g/mol. The molecular formula is C24H17ClN2O3. The highest BCUT2D eigenvalue weighted by molar-refractivity contribution is 6.31. The van der Waals surface area contributed by atoms with Crippen LogP contribution in [0, 0.1) is 0 Å². The van der Waals surface area contributed by atoms with Gasteiger partial charge in [-0.15, -0.1) is 0 Å². The van der Waals surface area contributed by atoms with E-state index >= 15 is 0 Å². The van der Waals surface area contributed by atoms with Crippen LogP contribution in [0.15, 0.2) is 78.9 Å². The van der Waals surface area contributed by atoms with E-state index in [0.717, 1.165) is 27.7 Å². The van der Waals surface area contributed by atoms with Crippen LogP contribution in [0.2, 0.25) is 5.02 Å². The molecule has 148 valence electrons. The number of carbonyl (C=O) groups is 2. The number of amides is 1. The number of carbonyl (C=O) groups excluding carboxylic acids is 1. The predicted molar refractivity (Wildman–Crippen MR) is 118 cm³/mol. The van der Waals surface area contributed by atoms with Gasteiger partial charge in [0, 0.05) is 16.0 Å². The van der Waals surface area contributed by atoms with E-state index in [1.807, 2.05) is 60.7 Å². The molecule has 0 radical (unpaired) electrons. The topological polar surface area (TPSA) is 79.3 Å². The number of hydrogen-bond donors (Lipinski definition) is 2. The number of fused-ring (bicyclic) bond motifs is 1. The van der Waals surface area contributed by atoms with Crippen LogP contribution in [0.5, 0.6) is 0 Å². The minimum atomic E-state index is -1.13. The van der Waals surface area contributed by atoms with Crippen molar-refractivity contribution < 1.29 is 14.7 Å². The average Bonchev–Trinajstić information content (AvgIpc) is 2.73. The summed E-state index contributed by atoms with van der Waals surface area (Å²) in [4.78, 5) is 28.4. The second-order valence-corrected chi connectivity index (χ2v) is 7.24. The number of benzene rings is 3. The fourth-order valence-electron chi connectivity index (χ4n) is 3.21. The lowest BCUT2D eigenvalue weighted by Gasteiger charge is -2.09. The molecule has 0 spiro atoms. The Balaban J connectivity index is 1.49. The van der Waals surface area contributed by atoms with Gasteiger partial charge >= 0.3 is 5.97 Å². The number of nitrogens with zero attached hydrogens (tertiary/aromatic N) is 1. The number of pyridine rings is 1. The van der Waals surface area contributed by atoms with Crippen LogP contribution in [-0.4, -0.2) is 22.0 Å². The molecule has 1 heterocycles. The zero-order valence-electron chi connectivity index (χ0n) is 15.8. The van der Waals surface area contributed by atoms with Gasteiger partial charge in [-0.05, 0) is 35.9 Å². The molecule has 3 aromatic carbocycles. The van der Waals surface area contributed by atoms with Gasteiger partial charge in [-0.1, -0.05) is 60.1 Å². The van der Waals surface area contributed by atoms with Gasteiger partial charge in [-0.25, -0.2) is 9.78 Å². The van der Waals surface area contributed by atoms with Crippen molar-refractivity contribution in [3.63, 3.8) is 0 Å². The summed E-state index contributed by atoms with van der Waals surface area (Å²) >= 11 is 5.93. The first-order valence-electron chi connectivity index (χ1n) is 9.27. The maximum atomic E-state index is 12.4. The van der Waals surface area contributed by atoms with Gasteiger partial charge in [0.2, 0.25) is 5.91 Å². The summed E-state index contributed by atoms with van der Waals surface area (Å²) in [7, 11) is 0. The molecule has 0 atom stereocenters. The number of nitrogens with one attached hydrogen (secondary N) is 1. The van der Waals surface area contributed by atoms with Gasteiger partial charge in [0.05, 0.1) is 28.9 Å². The van der Waals surface area contributed by atoms with Crippen molar-refractivity contribution in [2.75, 3.05) is 5.32 Å². The summed E-state index contributed by atoms with van der Waals surface area (Å²) in [5, 5.41) is 13.3. The molecule has 5 nitrogen and oxygen atoms in total. The van der Waals surface area contributed by atoms with Gasteiger partial charge in [-0.3, -0.25) is 4.79 Å². The number of hydrogen-bond acceptors (Lipinski definition) is 3. The van der Waals surface area contributed by atoms with Gasteiger partial charge in [0.1, 0.15) is 0 Å². The number of aromatic carboxylic acids is 1. The van der Waals surface area contributed by atoms with Gasteiger partial charge in [0.25, 0.3) is 0 Å². The maximum Gasteiger partial charge on any atom is 0.337 e. The lowest BCUT2D eigenvalue weighted by Crippen LogP contribution is -2.16. The number of rotatable bonds is 5. The van der Waals surface area contributed by atoms with Crippen molar-refractivity contribution in [1.29, 1.82) is 0 Å². The first kappa shape index (κ1) is 19.6. The van der Waals surface area contributed by atoms with Crippen molar-refractivity contribution in [3.05, 3.63) is 95.0 Å². The number of halogens is 1. The van der Waals surface area contributed by atoms with E-state index in [0.29, 0.717) is 5.02 Å². The van der Waals surface area contributed by atoms with E-state index in [4.69, 9.17) is 11.6 Å². The highest BCUT2D eigenvalue weighted by Gasteiger charge is 2.13. The van der Waals surface area contributed by atoms with Crippen LogP contribution in [0.1, 0.15) is 15.9 Å². The summed E-state index contributed by atoms with van der Waals surface area (Å²) in [5.41, 5.74) is 3.70. The minimum Gasteiger partial charge on any atom is -0.478 e. The summed E-state index contributed by atoms with van der Waals surface area (Å²) in [6.07, 6.45) is 0.108. The molecule has 1 amide bonds. The predicted octanol–water partition coefficient (Wildman–Crippen LogP) is 5.43. The average molecular weight is 417 g/mol. The molecule has 4 aromatic rings. The summed E-state index contributed by atoms with van der Waals surface area (Å²) in [6.45, 7) is 0. The minimum absolute atomic E-state index is 0.00882. The standard InChI is InChI=1S/C24H17ClN2O3/c25-18-10-11-19(24(29)30)22(14-18)27-23(28)13-15-5-7-17(8-6-15)21-12-9-16-3-1-2-4-20(16)26-21/h1-12,14H,13H2,(H,27,28)(H,29,30). The zero-order valence-corrected chi connectivity index (χ0v) is 16.6. The van der Waals surface area contributed by atoms with Crippen LogP contribution >= 0.6 is 11.6 Å². The summed E-state index contributed by atoms with van der Waals surface area (Å²) in [6, 6.07) is 23.8. The maximum absolute atomic E-state index is 12.4. The number of carboxylic acids is 1. The quantitative estimate of drug-likeness (QED) is 0.454. The van der Waals surface area contributed by atoms with Crippen molar-refractivity contribution >= 4 is 40.1 Å². The van der Waals surface area contributed by atoms with Crippen LogP contribution in [0.25, 0.3) is 22.2 Å². The lowest BCUT2D eigenvalue weighted by atomic mass is 10.1. The molecule has 0 bridgehead atoms. The van der Waals surface area contributed by atoms with Gasteiger partial charge < -0.3 is 10.4 Å². The van der Waals surface area contributed by atoms with E-state index in [1.54, 1.807) is 0 Å². The van der Waals surface area contributed by atoms with Crippen LogP contribution < -0.4 is 5.32 Å². The number of carboxylic acid groups (broad SMARTS) is 1. The molecule has 0 saturated heterocycles. The largest absolute Gasteiger partial charge is 0.478 e. The second-order valence-electron chi connectivity index (χ2n) is 6.81. The van der Waals surface area contributed by atoms with Crippen LogP contribution in [0.3, 0.4) is 0 Å². The van der Waals surface area contributed by atoms with E-state index in [-0.39, 0.29) is 23.6 Å². The molecular weight excluding hydrogens is 400 g/mol. The molecule has 2 N–H and O–H groups in total. The van der Waals surface area contributed by atoms with E-state index in [2.05, 4.69) is 10.3 Å². The highest BCUT2D eigenvalue weighted by Crippen LogP contribution is 2.23. The van der Waals surface area contributed by atoms with Crippen molar-refractivity contribution in [2.45, 2.75) is 6.42 Å². The van der Waals surface area contributed by atoms with Crippen molar-refractivity contribution in [1.82, 2.24) is 4.98 Å². The van der Waals surface area contributed by atoms with E-state index < -0.39 is 5.97 Å². The second kappa shape index (κ2) is 8.35. The molecule has 0 aliphatic rings. The number of anilines is 1. The third-order valence-electron chi connectivity index (χ3n) is 4.70. The molecule has 0 saturated carbocycles. The Morgan fingerprint density at radius 1 is 0.933 bits per heavy atom. The molecule has 0 unspecified atom stereocenters. The summed E-state index contributed by atoms with van der Waals surface area (Å²) < 4.78 is 0. The van der Waals surface area contributed by atoms with Crippen molar-refractivity contribution in [2.24, 2.45) is 0 Å². The first-order valence-corrected chi connectivity index (χ1v) is 9.65. The Morgan fingerprint density at radius 2 is 1.70 bits per heavy atom. The molecule has 0 aliphatic heterocycles. The Hall–Kier alpha value is -3.70.